The fraction of sp³-hybridized carbons (Fsp3) is 1.00. The molecule has 0 aromatic carbocycles. The summed E-state index contributed by atoms with van der Waals surface area (Å²) in [6.45, 7) is 10.7. The Morgan fingerprint density at radius 3 is 2.50 bits per heavy atom. The zero-order chi connectivity index (χ0) is 10.9. The van der Waals surface area contributed by atoms with Crippen LogP contribution in [0.15, 0.2) is 0 Å². The van der Waals surface area contributed by atoms with Crippen LogP contribution in [-0.4, -0.2) is 49.1 Å². The SMILES string of the molecule is CCNCC1CCN(CCSCC)CC1.Cl. The van der Waals surface area contributed by atoms with Gasteiger partial charge in [-0.1, -0.05) is 13.8 Å². The van der Waals surface area contributed by atoms with Crippen molar-refractivity contribution in [1.29, 1.82) is 0 Å². The maximum atomic E-state index is 3.46. The molecule has 0 aromatic heterocycles. The van der Waals surface area contributed by atoms with Crippen LogP contribution in [0, 0.1) is 5.92 Å². The Morgan fingerprint density at radius 2 is 1.94 bits per heavy atom. The standard InChI is InChI=1S/C12H26N2S.ClH/c1-3-13-11-12-5-7-14(8-6-12)9-10-15-4-2;/h12-13H,3-11H2,1-2H3;1H. The molecule has 1 heterocycles. The zero-order valence-corrected chi connectivity index (χ0v) is 12.3. The van der Waals surface area contributed by atoms with E-state index in [1.165, 1.54) is 50.5 Å². The molecule has 1 saturated heterocycles. The van der Waals surface area contributed by atoms with Gasteiger partial charge in [0, 0.05) is 12.3 Å². The molecular formula is C12H27ClN2S. The van der Waals surface area contributed by atoms with Gasteiger partial charge in [-0.05, 0) is 50.7 Å². The van der Waals surface area contributed by atoms with E-state index in [0.29, 0.717) is 0 Å². The molecule has 0 spiro atoms. The van der Waals surface area contributed by atoms with Crippen molar-refractivity contribution in [2.45, 2.75) is 26.7 Å². The van der Waals surface area contributed by atoms with Crippen LogP contribution in [0.1, 0.15) is 26.7 Å². The Bertz CT molecular complexity index is 150. The summed E-state index contributed by atoms with van der Waals surface area (Å²) in [5.74, 6) is 3.51. The van der Waals surface area contributed by atoms with Crippen LogP contribution in [0.2, 0.25) is 0 Å². The summed E-state index contributed by atoms with van der Waals surface area (Å²) in [6, 6.07) is 0. The van der Waals surface area contributed by atoms with Gasteiger partial charge >= 0.3 is 0 Å². The van der Waals surface area contributed by atoms with Crippen molar-refractivity contribution < 1.29 is 0 Å². The highest BCUT2D eigenvalue weighted by atomic mass is 35.5. The highest BCUT2D eigenvalue weighted by Crippen LogP contribution is 2.16. The molecule has 0 bridgehead atoms. The molecule has 0 radical (unpaired) electrons. The lowest BCUT2D eigenvalue weighted by Crippen LogP contribution is -2.38. The van der Waals surface area contributed by atoms with Gasteiger partial charge in [0.15, 0.2) is 0 Å². The summed E-state index contributed by atoms with van der Waals surface area (Å²) in [5, 5.41) is 3.46. The van der Waals surface area contributed by atoms with Crippen LogP contribution < -0.4 is 5.32 Å². The van der Waals surface area contributed by atoms with Crippen LogP contribution in [0.4, 0.5) is 0 Å². The predicted molar refractivity (Wildman–Crippen MR) is 78.0 cm³/mol. The van der Waals surface area contributed by atoms with Gasteiger partial charge in [0.2, 0.25) is 0 Å². The van der Waals surface area contributed by atoms with Crippen LogP contribution in [0.3, 0.4) is 0 Å². The normalized spacial score (nSPS) is 18.4. The predicted octanol–water partition coefficient (Wildman–Crippen LogP) is 2.48. The Hall–Kier alpha value is 0.560. The first-order valence-corrected chi connectivity index (χ1v) is 7.53. The monoisotopic (exact) mass is 266 g/mol. The quantitative estimate of drug-likeness (QED) is 0.713. The second-order valence-electron chi connectivity index (χ2n) is 4.29. The second-order valence-corrected chi connectivity index (χ2v) is 5.68. The number of halogens is 1. The van der Waals surface area contributed by atoms with Crippen LogP contribution in [0.25, 0.3) is 0 Å². The minimum Gasteiger partial charge on any atom is -0.317 e. The zero-order valence-electron chi connectivity index (χ0n) is 10.7. The van der Waals surface area contributed by atoms with E-state index < -0.39 is 0 Å². The molecule has 1 aliphatic rings. The molecule has 1 fully saturated rings. The number of likely N-dealkylation sites (tertiary alicyclic amines) is 1. The maximum absolute atomic E-state index is 3.46. The van der Waals surface area contributed by atoms with E-state index in [2.05, 4.69) is 35.8 Å². The Labute approximate surface area is 111 Å². The Balaban J connectivity index is 0.00000225. The van der Waals surface area contributed by atoms with Crippen molar-refractivity contribution in [3.8, 4) is 0 Å². The Morgan fingerprint density at radius 1 is 1.25 bits per heavy atom. The molecule has 2 nitrogen and oxygen atoms in total. The van der Waals surface area contributed by atoms with E-state index >= 15 is 0 Å². The van der Waals surface area contributed by atoms with Crippen LogP contribution >= 0.6 is 24.2 Å². The van der Waals surface area contributed by atoms with Crippen molar-refractivity contribution in [3.05, 3.63) is 0 Å². The number of nitrogens with zero attached hydrogens (tertiary/aromatic N) is 1. The van der Waals surface area contributed by atoms with E-state index in [0.717, 1.165) is 12.5 Å². The molecule has 4 heteroatoms. The molecule has 0 aliphatic carbocycles. The molecule has 16 heavy (non-hydrogen) atoms. The fourth-order valence-electron chi connectivity index (χ4n) is 2.10. The van der Waals surface area contributed by atoms with Crippen molar-refractivity contribution in [1.82, 2.24) is 10.2 Å². The van der Waals surface area contributed by atoms with E-state index in [-0.39, 0.29) is 12.4 Å². The van der Waals surface area contributed by atoms with Crippen molar-refractivity contribution in [2.24, 2.45) is 5.92 Å². The lowest BCUT2D eigenvalue weighted by Gasteiger charge is -2.31. The van der Waals surface area contributed by atoms with Crippen LogP contribution in [-0.2, 0) is 0 Å². The molecule has 0 unspecified atom stereocenters. The summed E-state index contributed by atoms with van der Waals surface area (Å²) in [5.41, 5.74) is 0. The number of piperidine rings is 1. The summed E-state index contributed by atoms with van der Waals surface area (Å²) < 4.78 is 0. The summed E-state index contributed by atoms with van der Waals surface area (Å²) in [4.78, 5) is 2.63. The fourth-order valence-corrected chi connectivity index (χ4v) is 2.78. The van der Waals surface area contributed by atoms with Gasteiger partial charge in [-0.15, -0.1) is 12.4 Å². The van der Waals surface area contributed by atoms with Crippen molar-refractivity contribution in [3.63, 3.8) is 0 Å². The van der Waals surface area contributed by atoms with Crippen LogP contribution in [0.5, 0.6) is 0 Å². The summed E-state index contributed by atoms with van der Waals surface area (Å²) >= 11 is 2.06. The largest absolute Gasteiger partial charge is 0.317 e. The van der Waals surface area contributed by atoms with Crippen molar-refractivity contribution >= 4 is 24.2 Å². The molecule has 0 amide bonds. The number of nitrogens with one attached hydrogen (secondary N) is 1. The molecule has 98 valence electrons. The van der Waals surface area contributed by atoms with Gasteiger partial charge in [-0.2, -0.15) is 11.8 Å². The molecule has 0 aromatic rings. The van der Waals surface area contributed by atoms with E-state index in [4.69, 9.17) is 0 Å². The molecule has 0 saturated carbocycles. The first kappa shape index (κ1) is 16.6. The highest BCUT2D eigenvalue weighted by molar-refractivity contribution is 7.99. The van der Waals surface area contributed by atoms with Crippen molar-refractivity contribution in [2.75, 3.05) is 44.2 Å². The third kappa shape index (κ3) is 7.00. The number of hydrogen-bond donors (Lipinski definition) is 1. The first-order valence-electron chi connectivity index (χ1n) is 6.37. The van der Waals surface area contributed by atoms with Gasteiger partial charge in [-0.25, -0.2) is 0 Å². The highest BCUT2D eigenvalue weighted by Gasteiger charge is 2.17. The topological polar surface area (TPSA) is 15.3 Å². The number of rotatable bonds is 7. The summed E-state index contributed by atoms with van der Waals surface area (Å²) in [6.07, 6.45) is 2.79. The third-order valence-electron chi connectivity index (χ3n) is 3.15. The van der Waals surface area contributed by atoms with E-state index in [1.807, 2.05) is 0 Å². The molecule has 1 rings (SSSR count). The minimum absolute atomic E-state index is 0. The number of hydrogen-bond acceptors (Lipinski definition) is 3. The smallest absolute Gasteiger partial charge is 0.00723 e. The summed E-state index contributed by atoms with van der Waals surface area (Å²) in [7, 11) is 0. The van der Waals surface area contributed by atoms with Gasteiger partial charge in [0.1, 0.15) is 0 Å². The third-order valence-corrected chi connectivity index (χ3v) is 4.03. The molecular weight excluding hydrogens is 240 g/mol. The molecule has 0 atom stereocenters. The van der Waals surface area contributed by atoms with Gasteiger partial charge in [-0.3, -0.25) is 0 Å². The second kappa shape index (κ2) is 10.7. The van der Waals surface area contributed by atoms with E-state index in [9.17, 15) is 0 Å². The first-order chi connectivity index (χ1) is 7.36. The molecule has 1 N–H and O–H groups in total. The maximum Gasteiger partial charge on any atom is 0.00723 e. The lowest BCUT2D eigenvalue weighted by molar-refractivity contribution is 0.192. The Kier molecular flexibility index (Phi) is 11.1. The van der Waals surface area contributed by atoms with Gasteiger partial charge < -0.3 is 10.2 Å². The number of thioether (sulfide) groups is 1. The van der Waals surface area contributed by atoms with E-state index in [1.54, 1.807) is 0 Å². The average molecular weight is 267 g/mol. The molecule has 1 aliphatic heterocycles. The van der Waals surface area contributed by atoms with Gasteiger partial charge in [0.25, 0.3) is 0 Å². The lowest BCUT2D eigenvalue weighted by atomic mass is 9.97. The average Bonchev–Trinajstić information content (AvgIpc) is 2.28. The minimum atomic E-state index is 0. The van der Waals surface area contributed by atoms with Gasteiger partial charge in [0.05, 0.1) is 0 Å².